The highest BCUT2D eigenvalue weighted by atomic mass is 35.5. The molecule has 0 saturated carbocycles. The van der Waals surface area contributed by atoms with E-state index in [1.54, 1.807) is 14.1 Å². The van der Waals surface area contributed by atoms with E-state index >= 15 is 0 Å². The topological polar surface area (TPSA) is 69.1 Å². The standard InChI is InChI=1S/C9H10Cl2N4O/c1-15(2)9(12)14-8(16)5-4-13-7(11)3-6(5)10/h3-4H,1-2H3,(H2,12,14,16). The van der Waals surface area contributed by atoms with Crippen LogP contribution >= 0.6 is 23.2 Å². The number of hydrogen-bond acceptors (Lipinski definition) is 3. The van der Waals surface area contributed by atoms with Gasteiger partial charge >= 0.3 is 0 Å². The fraction of sp³-hybridized carbons (Fsp3) is 0.222. The van der Waals surface area contributed by atoms with Crippen molar-refractivity contribution in [2.75, 3.05) is 14.1 Å². The minimum Gasteiger partial charge on any atom is -0.349 e. The third-order valence-corrected chi connectivity index (χ3v) is 2.26. The van der Waals surface area contributed by atoms with E-state index in [9.17, 15) is 4.79 Å². The molecular formula is C9H10Cl2N4O. The van der Waals surface area contributed by atoms with E-state index in [2.05, 4.69) is 10.3 Å². The summed E-state index contributed by atoms with van der Waals surface area (Å²) in [5.41, 5.74) is 0.178. The Bertz CT molecular complexity index is 434. The summed E-state index contributed by atoms with van der Waals surface area (Å²) in [5, 5.41) is 10.2. The van der Waals surface area contributed by atoms with Crippen LogP contribution in [0, 0.1) is 5.41 Å². The van der Waals surface area contributed by atoms with Gasteiger partial charge in [0, 0.05) is 20.3 Å². The molecule has 16 heavy (non-hydrogen) atoms. The van der Waals surface area contributed by atoms with Crippen molar-refractivity contribution in [3.63, 3.8) is 0 Å². The Labute approximate surface area is 103 Å². The van der Waals surface area contributed by atoms with Crippen molar-refractivity contribution in [3.8, 4) is 0 Å². The monoisotopic (exact) mass is 260 g/mol. The van der Waals surface area contributed by atoms with Gasteiger partial charge in [0.15, 0.2) is 5.96 Å². The first-order chi connectivity index (χ1) is 7.41. The Balaban J connectivity index is 2.85. The molecule has 1 amide bonds. The molecule has 1 rings (SSSR count). The van der Waals surface area contributed by atoms with Crippen LogP contribution in [0.25, 0.3) is 0 Å². The van der Waals surface area contributed by atoms with Crippen molar-refractivity contribution < 1.29 is 4.79 Å². The molecule has 0 aromatic carbocycles. The molecule has 7 heteroatoms. The van der Waals surface area contributed by atoms with Gasteiger partial charge in [-0.3, -0.25) is 15.5 Å². The lowest BCUT2D eigenvalue weighted by molar-refractivity contribution is 0.0973. The van der Waals surface area contributed by atoms with Crippen LogP contribution in [0.5, 0.6) is 0 Å². The predicted molar refractivity (Wildman–Crippen MR) is 63.1 cm³/mol. The summed E-state index contributed by atoms with van der Waals surface area (Å²) in [4.78, 5) is 16.8. The largest absolute Gasteiger partial charge is 0.349 e. The van der Waals surface area contributed by atoms with Crippen LogP contribution in [0.1, 0.15) is 10.4 Å². The van der Waals surface area contributed by atoms with Crippen LogP contribution in [0.4, 0.5) is 0 Å². The number of carbonyl (C=O) groups excluding carboxylic acids is 1. The Kier molecular flexibility index (Phi) is 4.09. The normalized spacial score (nSPS) is 9.75. The number of halogens is 2. The summed E-state index contributed by atoms with van der Waals surface area (Å²) >= 11 is 11.4. The number of guanidine groups is 1. The Hall–Kier alpha value is -1.33. The highest BCUT2D eigenvalue weighted by Crippen LogP contribution is 2.18. The minimum absolute atomic E-state index is 0.0315. The van der Waals surface area contributed by atoms with Crippen molar-refractivity contribution in [1.82, 2.24) is 15.2 Å². The van der Waals surface area contributed by atoms with E-state index in [1.165, 1.54) is 17.2 Å². The quantitative estimate of drug-likeness (QED) is 0.458. The van der Waals surface area contributed by atoms with E-state index in [4.69, 9.17) is 28.6 Å². The zero-order valence-corrected chi connectivity index (χ0v) is 10.2. The maximum atomic E-state index is 11.6. The zero-order valence-electron chi connectivity index (χ0n) is 8.71. The number of nitrogens with one attached hydrogen (secondary N) is 2. The number of amides is 1. The van der Waals surface area contributed by atoms with Crippen LogP contribution in [0.3, 0.4) is 0 Å². The van der Waals surface area contributed by atoms with E-state index in [0.717, 1.165) is 0 Å². The zero-order chi connectivity index (χ0) is 12.3. The van der Waals surface area contributed by atoms with E-state index < -0.39 is 5.91 Å². The first-order valence-corrected chi connectivity index (χ1v) is 5.05. The smallest absolute Gasteiger partial charge is 0.261 e. The van der Waals surface area contributed by atoms with Gasteiger partial charge < -0.3 is 4.90 Å². The number of nitrogens with zero attached hydrogens (tertiary/aromatic N) is 2. The maximum Gasteiger partial charge on any atom is 0.261 e. The molecular weight excluding hydrogens is 251 g/mol. The van der Waals surface area contributed by atoms with Gasteiger partial charge in [0.05, 0.1) is 10.6 Å². The summed E-state index contributed by atoms with van der Waals surface area (Å²) in [7, 11) is 3.29. The van der Waals surface area contributed by atoms with Gasteiger partial charge in [0.2, 0.25) is 0 Å². The van der Waals surface area contributed by atoms with Crippen molar-refractivity contribution in [1.29, 1.82) is 5.41 Å². The number of hydrogen-bond donors (Lipinski definition) is 2. The summed E-state index contributed by atoms with van der Waals surface area (Å²) in [6, 6.07) is 1.37. The lowest BCUT2D eigenvalue weighted by atomic mass is 10.2. The number of aromatic nitrogens is 1. The molecule has 0 fully saturated rings. The van der Waals surface area contributed by atoms with Crippen LogP contribution in [0.15, 0.2) is 12.3 Å². The number of rotatable bonds is 1. The van der Waals surface area contributed by atoms with Gasteiger partial charge in [-0.1, -0.05) is 23.2 Å². The summed E-state index contributed by atoms with van der Waals surface area (Å²) < 4.78 is 0. The van der Waals surface area contributed by atoms with E-state index in [1.807, 2.05) is 0 Å². The molecule has 0 spiro atoms. The fourth-order valence-corrected chi connectivity index (χ4v) is 1.31. The van der Waals surface area contributed by atoms with E-state index in [0.29, 0.717) is 0 Å². The average Bonchev–Trinajstić information content (AvgIpc) is 2.16. The molecule has 86 valence electrons. The molecule has 1 aromatic heterocycles. The highest BCUT2D eigenvalue weighted by Gasteiger charge is 2.13. The highest BCUT2D eigenvalue weighted by molar-refractivity contribution is 6.36. The molecule has 0 radical (unpaired) electrons. The Morgan fingerprint density at radius 2 is 2.12 bits per heavy atom. The van der Waals surface area contributed by atoms with E-state index in [-0.39, 0.29) is 21.7 Å². The second kappa shape index (κ2) is 5.14. The molecule has 0 saturated heterocycles. The van der Waals surface area contributed by atoms with Gasteiger partial charge in [-0.25, -0.2) is 4.98 Å². The molecule has 2 N–H and O–H groups in total. The van der Waals surface area contributed by atoms with Crippen molar-refractivity contribution in [2.24, 2.45) is 0 Å². The first-order valence-electron chi connectivity index (χ1n) is 4.30. The van der Waals surface area contributed by atoms with Gasteiger partial charge in [0.1, 0.15) is 5.15 Å². The molecule has 0 bridgehead atoms. The van der Waals surface area contributed by atoms with Crippen LogP contribution in [-0.2, 0) is 0 Å². The SMILES string of the molecule is CN(C)C(=N)NC(=O)c1cnc(Cl)cc1Cl. The second-order valence-corrected chi connectivity index (χ2v) is 3.98. The second-order valence-electron chi connectivity index (χ2n) is 3.18. The third-order valence-electron chi connectivity index (χ3n) is 1.74. The van der Waals surface area contributed by atoms with Gasteiger partial charge in [0.25, 0.3) is 5.91 Å². The third kappa shape index (κ3) is 3.08. The summed E-state index contributed by atoms with van der Waals surface area (Å²) in [5.74, 6) is -0.524. The fourth-order valence-electron chi connectivity index (χ4n) is 0.861. The molecule has 0 unspecified atom stereocenters. The number of carbonyl (C=O) groups is 1. The van der Waals surface area contributed by atoms with Crippen LogP contribution in [0.2, 0.25) is 10.2 Å². The molecule has 5 nitrogen and oxygen atoms in total. The lowest BCUT2D eigenvalue weighted by Crippen LogP contribution is -2.39. The summed E-state index contributed by atoms with van der Waals surface area (Å²) in [6.07, 6.45) is 1.27. The van der Waals surface area contributed by atoms with Crippen LogP contribution < -0.4 is 5.32 Å². The van der Waals surface area contributed by atoms with Crippen molar-refractivity contribution >= 4 is 35.1 Å². The van der Waals surface area contributed by atoms with Gasteiger partial charge in [-0.15, -0.1) is 0 Å². The minimum atomic E-state index is -0.493. The molecule has 1 aromatic rings. The lowest BCUT2D eigenvalue weighted by Gasteiger charge is -2.14. The van der Waals surface area contributed by atoms with Crippen molar-refractivity contribution in [2.45, 2.75) is 0 Å². The Morgan fingerprint density at radius 3 is 2.62 bits per heavy atom. The molecule has 0 aliphatic rings. The van der Waals surface area contributed by atoms with Crippen molar-refractivity contribution in [3.05, 3.63) is 28.0 Å². The number of pyridine rings is 1. The molecule has 0 aliphatic heterocycles. The Morgan fingerprint density at radius 1 is 1.50 bits per heavy atom. The summed E-state index contributed by atoms with van der Waals surface area (Å²) in [6.45, 7) is 0. The molecule has 0 atom stereocenters. The van der Waals surface area contributed by atoms with Gasteiger partial charge in [-0.2, -0.15) is 0 Å². The molecule has 1 heterocycles. The van der Waals surface area contributed by atoms with Crippen LogP contribution in [-0.4, -0.2) is 35.8 Å². The van der Waals surface area contributed by atoms with Gasteiger partial charge in [-0.05, 0) is 6.07 Å². The average molecular weight is 261 g/mol. The first kappa shape index (κ1) is 12.7. The predicted octanol–water partition coefficient (Wildman–Crippen LogP) is 1.61. The maximum absolute atomic E-state index is 11.6. The molecule has 0 aliphatic carbocycles.